The zero-order valence-electron chi connectivity index (χ0n) is 27.9. The molecule has 4 fully saturated rings. The van der Waals surface area contributed by atoms with E-state index in [1.54, 1.807) is 0 Å². The Labute approximate surface area is 294 Å². The van der Waals surface area contributed by atoms with Crippen molar-refractivity contribution in [1.82, 2.24) is 9.97 Å². The second kappa shape index (κ2) is 12.2. The third-order valence-corrected chi connectivity index (χ3v) is 11.5. The minimum atomic E-state index is 0.377. The van der Waals surface area contributed by atoms with Crippen LogP contribution < -0.4 is 0 Å². The fourth-order valence-electron chi connectivity index (χ4n) is 9.53. The van der Waals surface area contributed by atoms with E-state index < -0.39 is 0 Å². The molecule has 10 rings (SSSR count). The van der Waals surface area contributed by atoms with Gasteiger partial charge < -0.3 is 0 Å². The summed E-state index contributed by atoms with van der Waals surface area (Å²) in [6.07, 6.45) is 8.47. The van der Waals surface area contributed by atoms with Gasteiger partial charge in [-0.05, 0) is 113 Å². The molecule has 0 radical (unpaired) electrons. The molecule has 0 N–H and O–H groups in total. The second-order valence-electron chi connectivity index (χ2n) is 14.7. The Kier molecular flexibility index (Phi) is 7.40. The second-order valence-corrected chi connectivity index (χ2v) is 14.7. The van der Waals surface area contributed by atoms with Crippen molar-refractivity contribution in [2.24, 2.45) is 17.8 Å². The number of aromatic nitrogens is 2. The SMILES string of the molecule is [C-]#[N+]c1ccc(-c2cc(-c3ccccc3)nc(-c3ccc(-c4ccc(C56CC7CC(CC(C7)C5)C6)cc4)cc3-c3ccc([N+]#[C-])cc3)n2)cc1. The van der Waals surface area contributed by atoms with Gasteiger partial charge in [-0.1, -0.05) is 109 Å². The van der Waals surface area contributed by atoms with Gasteiger partial charge in [-0.25, -0.2) is 19.7 Å². The fraction of sp³-hybridized carbons (Fsp3) is 0.217. The van der Waals surface area contributed by atoms with Gasteiger partial charge in [0, 0.05) is 11.1 Å². The molecule has 4 saturated carbocycles. The van der Waals surface area contributed by atoms with Crippen LogP contribution in [0, 0.1) is 30.9 Å². The maximum absolute atomic E-state index is 7.51. The molecule has 4 nitrogen and oxygen atoms in total. The molecule has 5 aromatic carbocycles. The van der Waals surface area contributed by atoms with Crippen molar-refractivity contribution in [3.05, 3.63) is 156 Å². The Balaban J connectivity index is 1.15. The summed E-state index contributed by atoms with van der Waals surface area (Å²) in [5.41, 5.74) is 12.0. The summed E-state index contributed by atoms with van der Waals surface area (Å²) < 4.78 is 0. The Hall–Kier alpha value is -5.84. The number of hydrogen-bond acceptors (Lipinski definition) is 2. The van der Waals surface area contributed by atoms with Crippen molar-refractivity contribution in [1.29, 1.82) is 0 Å². The third-order valence-electron chi connectivity index (χ3n) is 11.5. The Morgan fingerprint density at radius 3 is 1.54 bits per heavy atom. The van der Waals surface area contributed by atoms with Gasteiger partial charge in [0.2, 0.25) is 0 Å². The number of benzene rings is 5. The molecule has 0 saturated heterocycles. The summed E-state index contributed by atoms with van der Waals surface area (Å²) in [5.74, 6) is 3.40. The molecular weight excluding hydrogens is 609 g/mol. The van der Waals surface area contributed by atoms with Crippen molar-refractivity contribution >= 4 is 11.4 Å². The van der Waals surface area contributed by atoms with Crippen LogP contribution >= 0.6 is 0 Å². The topological polar surface area (TPSA) is 34.5 Å². The summed E-state index contributed by atoms with van der Waals surface area (Å²) in [5, 5.41) is 0. The molecule has 4 heteroatoms. The smallest absolute Gasteiger partial charge is 0.187 e. The van der Waals surface area contributed by atoms with Crippen LogP contribution in [-0.4, -0.2) is 9.97 Å². The Morgan fingerprint density at radius 2 is 0.980 bits per heavy atom. The van der Waals surface area contributed by atoms with Gasteiger partial charge in [0.25, 0.3) is 0 Å². The highest BCUT2D eigenvalue weighted by Crippen LogP contribution is 2.60. The molecule has 0 aliphatic heterocycles. The monoisotopic (exact) mass is 644 g/mol. The van der Waals surface area contributed by atoms with Crippen LogP contribution in [0.1, 0.15) is 44.1 Å². The van der Waals surface area contributed by atoms with Gasteiger partial charge in [-0.3, -0.25) is 0 Å². The van der Waals surface area contributed by atoms with Crippen LogP contribution in [0.5, 0.6) is 0 Å². The van der Waals surface area contributed by atoms with Gasteiger partial charge in [-0.2, -0.15) is 0 Å². The van der Waals surface area contributed by atoms with Gasteiger partial charge >= 0.3 is 0 Å². The summed E-state index contributed by atoms with van der Waals surface area (Å²) in [6.45, 7) is 14.9. The molecule has 4 aliphatic rings. The van der Waals surface area contributed by atoms with E-state index in [9.17, 15) is 0 Å². The standard InChI is InChI=1S/C46H36N4/c1-47-39-17-10-34(11-18-39)42-25-37(33-8-15-38(16-9-33)46-27-30-22-31(28-46)24-32(23-30)29-46)14-21-41(42)45-49-43(35-6-4-3-5-7-35)26-44(50-45)36-12-19-40(48-2)20-13-36/h3-21,25-26,30-32H,22-24,27-29H2. The molecule has 1 aromatic heterocycles. The first-order valence-electron chi connectivity index (χ1n) is 17.7. The minimum absolute atomic E-state index is 0.377. The van der Waals surface area contributed by atoms with Crippen molar-refractivity contribution in [3.63, 3.8) is 0 Å². The molecule has 240 valence electrons. The highest BCUT2D eigenvalue weighted by atomic mass is 14.9. The number of hydrogen-bond donors (Lipinski definition) is 0. The lowest BCUT2D eigenvalue weighted by molar-refractivity contribution is -0.00518. The van der Waals surface area contributed by atoms with Crippen molar-refractivity contribution in [2.75, 3.05) is 0 Å². The molecule has 1 heterocycles. The summed E-state index contributed by atoms with van der Waals surface area (Å²) in [4.78, 5) is 17.5. The van der Waals surface area contributed by atoms with Crippen LogP contribution in [0.2, 0.25) is 0 Å². The van der Waals surface area contributed by atoms with Crippen LogP contribution in [0.15, 0.2) is 127 Å². The first-order valence-corrected chi connectivity index (χ1v) is 17.7. The normalized spacial score (nSPS) is 21.8. The molecule has 50 heavy (non-hydrogen) atoms. The van der Waals surface area contributed by atoms with Crippen molar-refractivity contribution < 1.29 is 0 Å². The molecule has 4 bridgehead atoms. The lowest BCUT2D eigenvalue weighted by atomic mass is 9.48. The van der Waals surface area contributed by atoms with E-state index in [2.05, 4.69) is 64.3 Å². The summed E-state index contributed by atoms with van der Waals surface area (Å²) >= 11 is 0. The average Bonchev–Trinajstić information content (AvgIpc) is 3.17. The fourth-order valence-corrected chi connectivity index (χ4v) is 9.53. The molecule has 0 atom stereocenters. The quantitative estimate of drug-likeness (QED) is 0.169. The van der Waals surface area contributed by atoms with Gasteiger partial charge in [0.05, 0.1) is 24.5 Å². The molecule has 4 aliphatic carbocycles. The number of nitrogens with zero attached hydrogens (tertiary/aromatic N) is 4. The van der Waals surface area contributed by atoms with Crippen LogP contribution in [0.4, 0.5) is 11.4 Å². The molecule has 0 unspecified atom stereocenters. The van der Waals surface area contributed by atoms with Crippen LogP contribution in [0.3, 0.4) is 0 Å². The predicted molar refractivity (Wildman–Crippen MR) is 202 cm³/mol. The molecule has 6 aromatic rings. The van der Waals surface area contributed by atoms with Crippen molar-refractivity contribution in [2.45, 2.75) is 43.9 Å². The minimum Gasteiger partial charge on any atom is -0.238 e. The molecule has 0 amide bonds. The Bertz CT molecular complexity index is 2250. The van der Waals surface area contributed by atoms with Gasteiger partial charge in [-0.15, -0.1) is 0 Å². The molecule has 0 spiro atoms. The zero-order chi connectivity index (χ0) is 33.7. The summed E-state index contributed by atoms with van der Waals surface area (Å²) in [7, 11) is 0. The maximum Gasteiger partial charge on any atom is 0.187 e. The van der Waals surface area contributed by atoms with Crippen molar-refractivity contribution in [3.8, 4) is 56.2 Å². The van der Waals surface area contributed by atoms with E-state index >= 15 is 0 Å². The van der Waals surface area contributed by atoms with Gasteiger partial charge in [0.1, 0.15) is 0 Å². The lowest BCUT2D eigenvalue weighted by Gasteiger charge is -2.57. The van der Waals surface area contributed by atoms with E-state index in [4.69, 9.17) is 23.1 Å². The van der Waals surface area contributed by atoms with E-state index in [1.165, 1.54) is 49.7 Å². The highest BCUT2D eigenvalue weighted by molar-refractivity contribution is 5.87. The highest BCUT2D eigenvalue weighted by Gasteiger charge is 2.51. The van der Waals surface area contributed by atoms with E-state index in [1.807, 2.05) is 72.8 Å². The average molecular weight is 645 g/mol. The van der Waals surface area contributed by atoms with E-state index in [-0.39, 0.29) is 0 Å². The largest absolute Gasteiger partial charge is 0.238 e. The first kappa shape index (κ1) is 30.2. The van der Waals surface area contributed by atoms with Gasteiger partial charge in [0.15, 0.2) is 17.2 Å². The third kappa shape index (κ3) is 5.48. The number of rotatable bonds is 6. The lowest BCUT2D eigenvalue weighted by Crippen LogP contribution is -2.48. The predicted octanol–water partition coefficient (Wildman–Crippen LogP) is 12.4. The van der Waals surface area contributed by atoms with Crippen LogP contribution in [-0.2, 0) is 5.41 Å². The van der Waals surface area contributed by atoms with E-state index in [0.717, 1.165) is 62.5 Å². The maximum atomic E-state index is 7.51. The van der Waals surface area contributed by atoms with Crippen LogP contribution in [0.25, 0.3) is 65.8 Å². The molecular formula is C46H36N4. The zero-order valence-corrected chi connectivity index (χ0v) is 27.9. The Morgan fingerprint density at radius 1 is 0.480 bits per heavy atom. The van der Waals surface area contributed by atoms with E-state index in [0.29, 0.717) is 22.6 Å². The summed E-state index contributed by atoms with van der Waals surface area (Å²) in [6, 6.07) is 43.7. The first-order chi connectivity index (χ1) is 24.6.